The maximum atomic E-state index is 12.3. The summed E-state index contributed by atoms with van der Waals surface area (Å²) in [5.41, 5.74) is 1.61. The molecule has 0 aliphatic carbocycles. The normalized spacial score (nSPS) is 18.7. The van der Waals surface area contributed by atoms with Crippen LogP contribution in [0.25, 0.3) is 10.9 Å². The first-order chi connectivity index (χ1) is 11.2. The molecule has 1 aromatic carbocycles. The maximum absolute atomic E-state index is 12.3. The number of hydrogen-bond acceptors (Lipinski definition) is 5. The monoisotopic (exact) mass is 310 g/mol. The highest BCUT2D eigenvalue weighted by Gasteiger charge is 2.28. The molecule has 3 heterocycles. The van der Waals surface area contributed by atoms with Gasteiger partial charge in [-0.3, -0.25) is 14.4 Å². The number of H-pyrrole nitrogens is 1. The summed E-state index contributed by atoms with van der Waals surface area (Å²) in [5.74, 6) is 0.745. The van der Waals surface area contributed by atoms with Gasteiger partial charge in [-0.15, -0.1) is 5.10 Å². The van der Waals surface area contributed by atoms with Gasteiger partial charge >= 0.3 is 0 Å². The number of benzene rings is 1. The van der Waals surface area contributed by atoms with E-state index < -0.39 is 0 Å². The van der Waals surface area contributed by atoms with Crippen molar-refractivity contribution < 1.29 is 0 Å². The molecule has 2 aromatic heterocycles. The molecule has 118 valence electrons. The van der Waals surface area contributed by atoms with Crippen molar-refractivity contribution in [2.24, 2.45) is 7.05 Å². The van der Waals surface area contributed by atoms with Gasteiger partial charge in [0.15, 0.2) is 0 Å². The molecule has 4 rings (SSSR count). The largest absolute Gasteiger partial charge is 0.309 e. The van der Waals surface area contributed by atoms with Gasteiger partial charge in [0.05, 0.1) is 22.6 Å². The van der Waals surface area contributed by atoms with E-state index in [9.17, 15) is 4.79 Å². The number of nitrogens with zero attached hydrogens (tertiary/aromatic N) is 5. The summed E-state index contributed by atoms with van der Waals surface area (Å²) in [6.45, 7) is 1.69. The SMILES string of the molecule is Cn1cc(CN2CCCC2c2nc3ccccc3c(=O)[nH]2)nn1. The van der Waals surface area contributed by atoms with Gasteiger partial charge in [0.1, 0.15) is 5.82 Å². The highest BCUT2D eigenvalue weighted by atomic mass is 16.1. The summed E-state index contributed by atoms with van der Waals surface area (Å²) in [5, 5.41) is 8.77. The predicted octanol–water partition coefficient (Wildman–Crippen LogP) is 1.39. The van der Waals surface area contributed by atoms with Crippen molar-refractivity contribution >= 4 is 10.9 Å². The minimum Gasteiger partial charge on any atom is -0.309 e. The van der Waals surface area contributed by atoms with Crippen LogP contribution in [-0.4, -0.2) is 36.4 Å². The minimum absolute atomic E-state index is 0.0723. The van der Waals surface area contributed by atoms with E-state index in [1.54, 1.807) is 10.7 Å². The van der Waals surface area contributed by atoms with Crippen molar-refractivity contribution in [2.75, 3.05) is 6.54 Å². The Bertz CT molecular complexity index is 899. The summed E-state index contributed by atoms with van der Waals surface area (Å²) in [6.07, 6.45) is 3.99. The molecule has 1 atom stereocenters. The Morgan fingerprint density at radius 2 is 2.22 bits per heavy atom. The molecule has 7 nitrogen and oxygen atoms in total. The zero-order valence-electron chi connectivity index (χ0n) is 12.9. The van der Waals surface area contributed by atoms with E-state index in [1.165, 1.54) is 0 Å². The van der Waals surface area contributed by atoms with Crippen molar-refractivity contribution in [1.29, 1.82) is 0 Å². The van der Waals surface area contributed by atoms with Crippen molar-refractivity contribution in [1.82, 2.24) is 29.9 Å². The van der Waals surface area contributed by atoms with E-state index in [1.807, 2.05) is 31.4 Å². The van der Waals surface area contributed by atoms with Crippen molar-refractivity contribution in [3.05, 3.63) is 52.3 Å². The summed E-state index contributed by atoms with van der Waals surface area (Å²) >= 11 is 0. The first-order valence-electron chi connectivity index (χ1n) is 7.79. The molecule has 0 radical (unpaired) electrons. The fourth-order valence-electron chi connectivity index (χ4n) is 3.26. The molecule has 0 saturated carbocycles. The van der Waals surface area contributed by atoms with E-state index in [-0.39, 0.29) is 11.6 Å². The van der Waals surface area contributed by atoms with Crippen LogP contribution in [0.5, 0.6) is 0 Å². The second-order valence-electron chi connectivity index (χ2n) is 5.98. The molecule has 0 bridgehead atoms. The summed E-state index contributed by atoms with van der Waals surface area (Å²) < 4.78 is 1.70. The van der Waals surface area contributed by atoms with Crippen LogP contribution < -0.4 is 5.56 Å². The molecule has 3 aromatic rings. The fraction of sp³-hybridized carbons (Fsp3) is 0.375. The van der Waals surface area contributed by atoms with E-state index in [0.29, 0.717) is 5.39 Å². The summed E-state index contributed by atoms with van der Waals surface area (Å²) in [4.78, 5) is 22.2. The van der Waals surface area contributed by atoms with E-state index >= 15 is 0 Å². The van der Waals surface area contributed by atoms with Crippen LogP contribution in [0.3, 0.4) is 0 Å². The first-order valence-corrected chi connectivity index (χ1v) is 7.79. The van der Waals surface area contributed by atoms with Crippen molar-refractivity contribution in [3.8, 4) is 0 Å². The topological polar surface area (TPSA) is 79.7 Å². The number of aromatic nitrogens is 5. The average molecular weight is 310 g/mol. The zero-order valence-corrected chi connectivity index (χ0v) is 12.9. The Morgan fingerprint density at radius 1 is 1.35 bits per heavy atom. The lowest BCUT2D eigenvalue weighted by molar-refractivity contribution is 0.237. The number of rotatable bonds is 3. The van der Waals surface area contributed by atoms with E-state index in [0.717, 1.165) is 43.0 Å². The van der Waals surface area contributed by atoms with Crippen LogP contribution in [0.15, 0.2) is 35.3 Å². The van der Waals surface area contributed by atoms with Gasteiger partial charge in [0.2, 0.25) is 0 Å². The van der Waals surface area contributed by atoms with Crippen LogP contribution in [0.2, 0.25) is 0 Å². The van der Waals surface area contributed by atoms with Crippen molar-refractivity contribution in [2.45, 2.75) is 25.4 Å². The Hall–Kier alpha value is -2.54. The highest BCUT2D eigenvalue weighted by Crippen LogP contribution is 2.30. The third-order valence-electron chi connectivity index (χ3n) is 4.33. The van der Waals surface area contributed by atoms with Gasteiger partial charge in [-0.2, -0.15) is 0 Å². The molecule has 0 spiro atoms. The zero-order chi connectivity index (χ0) is 15.8. The maximum Gasteiger partial charge on any atom is 0.258 e. The van der Waals surface area contributed by atoms with Gasteiger partial charge in [-0.05, 0) is 31.5 Å². The summed E-state index contributed by atoms with van der Waals surface area (Å²) in [7, 11) is 1.86. The number of aryl methyl sites for hydroxylation is 1. The Morgan fingerprint density at radius 3 is 3.04 bits per heavy atom. The highest BCUT2D eigenvalue weighted by molar-refractivity contribution is 5.77. The van der Waals surface area contributed by atoms with Crippen LogP contribution in [0.4, 0.5) is 0 Å². The standard InChI is InChI=1S/C16H18N6O/c1-21-9-11(19-20-21)10-22-8-4-7-14(22)15-17-13-6-3-2-5-12(13)16(23)18-15/h2-3,5-6,9,14H,4,7-8,10H2,1H3,(H,17,18,23). The lowest BCUT2D eigenvalue weighted by Crippen LogP contribution is -2.26. The first kappa shape index (κ1) is 14.1. The van der Waals surface area contributed by atoms with Crippen molar-refractivity contribution in [3.63, 3.8) is 0 Å². The molecule has 1 aliphatic rings. The number of para-hydroxylation sites is 1. The van der Waals surface area contributed by atoms with Gasteiger partial charge in [0, 0.05) is 19.8 Å². The van der Waals surface area contributed by atoms with Gasteiger partial charge in [0.25, 0.3) is 5.56 Å². The lowest BCUT2D eigenvalue weighted by atomic mass is 10.2. The molecule has 1 unspecified atom stereocenters. The Labute approximate surface area is 133 Å². The predicted molar refractivity (Wildman–Crippen MR) is 85.8 cm³/mol. The quantitative estimate of drug-likeness (QED) is 0.791. The molecular weight excluding hydrogens is 292 g/mol. The number of nitrogens with one attached hydrogen (secondary N) is 1. The third kappa shape index (κ3) is 2.63. The fourth-order valence-corrected chi connectivity index (χ4v) is 3.26. The molecule has 0 amide bonds. The third-order valence-corrected chi connectivity index (χ3v) is 4.33. The molecule has 1 aliphatic heterocycles. The molecule has 23 heavy (non-hydrogen) atoms. The van der Waals surface area contributed by atoms with E-state index in [4.69, 9.17) is 0 Å². The minimum atomic E-state index is -0.0723. The number of fused-ring (bicyclic) bond motifs is 1. The molecular formula is C16H18N6O. The molecule has 1 saturated heterocycles. The van der Waals surface area contributed by atoms with Gasteiger partial charge in [-0.25, -0.2) is 4.98 Å². The van der Waals surface area contributed by atoms with E-state index in [2.05, 4.69) is 25.2 Å². The molecule has 1 N–H and O–H groups in total. The van der Waals surface area contributed by atoms with Crippen LogP contribution in [-0.2, 0) is 13.6 Å². The summed E-state index contributed by atoms with van der Waals surface area (Å²) in [6, 6.07) is 7.57. The van der Waals surface area contributed by atoms with Crippen LogP contribution in [0, 0.1) is 0 Å². The number of likely N-dealkylation sites (tertiary alicyclic amines) is 1. The molecule has 1 fully saturated rings. The van der Waals surface area contributed by atoms with Gasteiger partial charge < -0.3 is 4.98 Å². The Balaban J connectivity index is 1.67. The lowest BCUT2D eigenvalue weighted by Gasteiger charge is -2.22. The van der Waals surface area contributed by atoms with Crippen LogP contribution in [0.1, 0.15) is 30.4 Å². The van der Waals surface area contributed by atoms with Gasteiger partial charge in [-0.1, -0.05) is 17.3 Å². The average Bonchev–Trinajstić information content (AvgIpc) is 3.17. The second kappa shape index (κ2) is 5.58. The van der Waals surface area contributed by atoms with Crippen LogP contribution >= 0.6 is 0 Å². The second-order valence-corrected chi connectivity index (χ2v) is 5.98. The number of aromatic amines is 1. The Kier molecular flexibility index (Phi) is 3.42. The smallest absolute Gasteiger partial charge is 0.258 e. The number of hydrogen-bond donors (Lipinski definition) is 1. The molecule has 7 heteroatoms.